The van der Waals surface area contributed by atoms with Gasteiger partial charge >= 0.3 is 6.09 Å². The first-order valence-corrected chi connectivity index (χ1v) is 4.81. The highest BCUT2D eigenvalue weighted by atomic mass is 16.5. The molecule has 0 spiro atoms. The molecule has 0 aromatic carbocycles. The van der Waals surface area contributed by atoms with Crippen LogP contribution in [0.2, 0.25) is 0 Å². The van der Waals surface area contributed by atoms with E-state index in [9.17, 15) is 4.79 Å². The molecule has 1 aliphatic rings. The standard InChI is InChI=1S/C10H19NO2/c1-10(2,3)8-6-5-7-11(8)9(12)13-4/h8H,5-7H2,1-4H3. The highest BCUT2D eigenvalue weighted by Crippen LogP contribution is 2.32. The van der Waals surface area contributed by atoms with Crippen LogP contribution in [0.1, 0.15) is 33.6 Å². The van der Waals surface area contributed by atoms with Crippen molar-refractivity contribution in [3.8, 4) is 0 Å². The van der Waals surface area contributed by atoms with Gasteiger partial charge in [0.2, 0.25) is 0 Å². The minimum atomic E-state index is -0.183. The Hall–Kier alpha value is -0.730. The molecule has 0 bridgehead atoms. The lowest BCUT2D eigenvalue weighted by molar-refractivity contribution is 0.0907. The summed E-state index contributed by atoms with van der Waals surface area (Å²) in [6, 6.07) is 0.333. The Kier molecular flexibility index (Phi) is 2.84. The van der Waals surface area contributed by atoms with E-state index in [0.717, 1.165) is 19.4 Å². The summed E-state index contributed by atoms with van der Waals surface area (Å²) in [6.07, 6.45) is 2.01. The normalized spacial score (nSPS) is 23.4. The number of likely N-dealkylation sites (tertiary alicyclic amines) is 1. The van der Waals surface area contributed by atoms with Gasteiger partial charge in [0.15, 0.2) is 0 Å². The van der Waals surface area contributed by atoms with Gasteiger partial charge in [0, 0.05) is 12.6 Å². The Morgan fingerprint density at radius 1 is 1.46 bits per heavy atom. The van der Waals surface area contributed by atoms with Gasteiger partial charge in [-0.25, -0.2) is 4.79 Å². The molecule has 1 fully saturated rings. The predicted octanol–water partition coefficient (Wildman–Crippen LogP) is 2.26. The summed E-state index contributed by atoms with van der Waals surface area (Å²) in [4.78, 5) is 13.2. The quantitative estimate of drug-likeness (QED) is 0.579. The maximum atomic E-state index is 11.4. The van der Waals surface area contributed by atoms with Crippen molar-refractivity contribution in [2.75, 3.05) is 13.7 Å². The Bertz CT molecular complexity index is 196. The fourth-order valence-corrected chi connectivity index (χ4v) is 2.00. The molecule has 3 nitrogen and oxygen atoms in total. The second-order valence-corrected chi connectivity index (χ2v) is 4.69. The van der Waals surface area contributed by atoms with Gasteiger partial charge in [-0.3, -0.25) is 0 Å². The molecule has 0 aliphatic carbocycles. The third-order valence-corrected chi connectivity index (χ3v) is 2.66. The lowest BCUT2D eigenvalue weighted by atomic mass is 9.85. The fourth-order valence-electron chi connectivity index (χ4n) is 2.00. The van der Waals surface area contributed by atoms with Crippen LogP contribution in [0.15, 0.2) is 0 Å². The Labute approximate surface area is 80.1 Å². The van der Waals surface area contributed by atoms with Crippen molar-refractivity contribution in [1.29, 1.82) is 0 Å². The van der Waals surface area contributed by atoms with Crippen LogP contribution in [-0.2, 0) is 4.74 Å². The summed E-state index contributed by atoms with van der Waals surface area (Å²) in [5.74, 6) is 0. The van der Waals surface area contributed by atoms with Crippen molar-refractivity contribution < 1.29 is 9.53 Å². The minimum absolute atomic E-state index is 0.157. The molecule has 0 aromatic rings. The first kappa shape index (κ1) is 10.4. The molecule has 0 saturated carbocycles. The van der Waals surface area contributed by atoms with Crippen LogP contribution in [0.4, 0.5) is 4.79 Å². The van der Waals surface area contributed by atoms with Crippen LogP contribution < -0.4 is 0 Å². The Balaban J connectivity index is 2.70. The van der Waals surface area contributed by atoms with Crippen LogP contribution in [-0.4, -0.2) is 30.7 Å². The maximum absolute atomic E-state index is 11.4. The lowest BCUT2D eigenvalue weighted by Gasteiger charge is -2.33. The second kappa shape index (κ2) is 3.56. The number of amides is 1. The van der Waals surface area contributed by atoms with E-state index in [2.05, 4.69) is 20.8 Å². The summed E-state index contributed by atoms with van der Waals surface area (Å²) >= 11 is 0. The van der Waals surface area contributed by atoms with Crippen molar-refractivity contribution in [3.05, 3.63) is 0 Å². The van der Waals surface area contributed by atoms with E-state index in [1.54, 1.807) is 0 Å². The number of ether oxygens (including phenoxy) is 1. The molecule has 1 amide bonds. The molecule has 1 atom stereocenters. The lowest BCUT2D eigenvalue weighted by Crippen LogP contribution is -2.42. The molecule has 0 radical (unpaired) electrons. The van der Waals surface area contributed by atoms with Gasteiger partial charge in [0.25, 0.3) is 0 Å². The van der Waals surface area contributed by atoms with Gasteiger partial charge in [0.05, 0.1) is 7.11 Å². The summed E-state index contributed by atoms with van der Waals surface area (Å²) in [5.41, 5.74) is 0.157. The first-order valence-electron chi connectivity index (χ1n) is 4.81. The zero-order valence-electron chi connectivity index (χ0n) is 8.96. The van der Waals surface area contributed by atoms with E-state index in [-0.39, 0.29) is 11.5 Å². The number of methoxy groups -OCH3 is 1. The van der Waals surface area contributed by atoms with Gasteiger partial charge < -0.3 is 9.64 Å². The third kappa shape index (κ3) is 2.14. The van der Waals surface area contributed by atoms with Crippen LogP contribution in [0.5, 0.6) is 0 Å². The van der Waals surface area contributed by atoms with Gasteiger partial charge in [-0.2, -0.15) is 0 Å². The molecule has 3 heteroatoms. The SMILES string of the molecule is COC(=O)N1CCCC1C(C)(C)C. The van der Waals surface area contributed by atoms with Gasteiger partial charge in [-0.1, -0.05) is 20.8 Å². The van der Waals surface area contributed by atoms with Crippen molar-refractivity contribution in [1.82, 2.24) is 4.90 Å². The second-order valence-electron chi connectivity index (χ2n) is 4.69. The van der Waals surface area contributed by atoms with E-state index in [4.69, 9.17) is 4.74 Å². The highest BCUT2D eigenvalue weighted by molar-refractivity contribution is 5.68. The molecule has 1 unspecified atom stereocenters. The smallest absolute Gasteiger partial charge is 0.409 e. The molecule has 1 saturated heterocycles. The largest absolute Gasteiger partial charge is 0.453 e. The van der Waals surface area contributed by atoms with Gasteiger partial charge in [-0.15, -0.1) is 0 Å². The molecule has 13 heavy (non-hydrogen) atoms. The summed E-state index contributed by atoms with van der Waals surface area (Å²) in [7, 11) is 1.44. The number of carbonyl (C=O) groups excluding carboxylic acids is 1. The van der Waals surface area contributed by atoms with Crippen molar-refractivity contribution in [3.63, 3.8) is 0 Å². The number of rotatable bonds is 0. The van der Waals surface area contributed by atoms with Crippen molar-refractivity contribution >= 4 is 6.09 Å². The topological polar surface area (TPSA) is 29.5 Å². The van der Waals surface area contributed by atoms with Crippen LogP contribution in [0.25, 0.3) is 0 Å². The summed E-state index contributed by atoms with van der Waals surface area (Å²) in [6.45, 7) is 7.34. The molecule has 0 N–H and O–H groups in total. The minimum Gasteiger partial charge on any atom is -0.453 e. The predicted molar refractivity (Wildman–Crippen MR) is 51.6 cm³/mol. The number of carbonyl (C=O) groups is 1. The van der Waals surface area contributed by atoms with E-state index >= 15 is 0 Å². The zero-order valence-corrected chi connectivity index (χ0v) is 8.96. The monoisotopic (exact) mass is 185 g/mol. The van der Waals surface area contributed by atoms with Crippen LogP contribution in [0.3, 0.4) is 0 Å². The number of nitrogens with zero attached hydrogens (tertiary/aromatic N) is 1. The van der Waals surface area contributed by atoms with Gasteiger partial charge in [0.1, 0.15) is 0 Å². The molecule has 0 aromatic heterocycles. The average Bonchev–Trinajstić information content (AvgIpc) is 2.49. The Morgan fingerprint density at radius 3 is 2.54 bits per heavy atom. The van der Waals surface area contributed by atoms with E-state index < -0.39 is 0 Å². The molecule has 1 heterocycles. The zero-order chi connectivity index (χ0) is 10.1. The highest BCUT2D eigenvalue weighted by Gasteiger charge is 2.37. The van der Waals surface area contributed by atoms with E-state index in [1.807, 2.05) is 4.90 Å². The first-order chi connectivity index (χ1) is 5.96. The molecular weight excluding hydrogens is 166 g/mol. The Morgan fingerprint density at radius 2 is 2.08 bits per heavy atom. The molecular formula is C10H19NO2. The third-order valence-electron chi connectivity index (χ3n) is 2.66. The van der Waals surface area contributed by atoms with Crippen molar-refractivity contribution in [2.45, 2.75) is 39.7 Å². The van der Waals surface area contributed by atoms with Crippen LogP contribution in [0, 0.1) is 5.41 Å². The van der Waals surface area contributed by atoms with E-state index in [1.165, 1.54) is 7.11 Å². The van der Waals surface area contributed by atoms with Gasteiger partial charge in [-0.05, 0) is 18.3 Å². The fraction of sp³-hybridized carbons (Fsp3) is 0.900. The van der Waals surface area contributed by atoms with E-state index in [0.29, 0.717) is 6.04 Å². The van der Waals surface area contributed by atoms with Crippen molar-refractivity contribution in [2.24, 2.45) is 5.41 Å². The molecule has 1 aliphatic heterocycles. The summed E-state index contributed by atoms with van der Waals surface area (Å²) in [5, 5.41) is 0. The average molecular weight is 185 g/mol. The summed E-state index contributed by atoms with van der Waals surface area (Å²) < 4.78 is 4.75. The van der Waals surface area contributed by atoms with Crippen LogP contribution >= 0.6 is 0 Å². The number of hydrogen-bond acceptors (Lipinski definition) is 2. The molecule has 1 rings (SSSR count). The number of hydrogen-bond donors (Lipinski definition) is 0. The maximum Gasteiger partial charge on any atom is 0.409 e. The molecule has 76 valence electrons.